The molecule has 11 heteroatoms. The first-order valence-corrected chi connectivity index (χ1v) is 23.8. The van der Waals surface area contributed by atoms with Crippen molar-refractivity contribution in [3.05, 3.63) is 169 Å². The number of amidine groups is 3. The van der Waals surface area contributed by atoms with Crippen molar-refractivity contribution >= 4 is 34.6 Å². The predicted octanol–water partition coefficient (Wildman–Crippen LogP) is 12.1. The second kappa shape index (κ2) is 16.1. The second-order valence-electron chi connectivity index (χ2n) is 21.5. The van der Waals surface area contributed by atoms with Gasteiger partial charge in [0.15, 0.2) is 5.82 Å². The third-order valence-electron chi connectivity index (χ3n) is 15.6. The van der Waals surface area contributed by atoms with Crippen molar-refractivity contribution in [2.75, 3.05) is 14.7 Å². The van der Waals surface area contributed by atoms with Crippen molar-refractivity contribution in [1.82, 2.24) is 24.9 Å². The summed E-state index contributed by atoms with van der Waals surface area (Å²) in [5, 5.41) is 0. The third-order valence-corrected chi connectivity index (χ3v) is 15.6. The fraction of sp³-hybridized carbons (Fsp3) is 0.310. The number of rotatable bonds is 9. The SMILES string of the molecule is CC1(C)N=C(c2cncc(-c3cc(-c4cncc(C5=NC(C)(C)C(C)(C)N5c5ccccc5)c4)nc(-c4cncc(C5=NC(C)(C)C(C)(C)N5c5ccccc5)c4)n3)c2)N(c2ccccc2)C1(C)C. The van der Waals surface area contributed by atoms with Crippen LogP contribution in [0, 0.1) is 0 Å². The quantitative estimate of drug-likeness (QED) is 0.141. The molecule has 0 atom stereocenters. The van der Waals surface area contributed by atoms with Crippen molar-refractivity contribution < 1.29 is 0 Å². The summed E-state index contributed by atoms with van der Waals surface area (Å²) in [5.41, 5.74) is 7.43. The zero-order valence-electron chi connectivity index (χ0n) is 41.9. The van der Waals surface area contributed by atoms with E-state index in [2.05, 4.69) is 189 Å². The number of pyridine rings is 3. The van der Waals surface area contributed by atoms with E-state index in [4.69, 9.17) is 39.9 Å². The molecule has 0 saturated carbocycles. The van der Waals surface area contributed by atoms with Crippen LogP contribution in [0.25, 0.3) is 33.9 Å². The molecule has 0 amide bonds. The fourth-order valence-corrected chi connectivity index (χ4v) is 9.58. The van der Waals surface area contributed by atoms with E-state index >= 15 is 0 Å². The molecule has 11 nitrogen and oxygen atoms in total. The smallest absolute Gasteiger partial charge is 0.161 e. The van der Waals surface area contributed by atoms with Crippen molar-refractivity contribution in [3.63, 3.8) is 0 Å². The van der Waals surface area contributed by atoms with E-state index in [1.54, 1.807) is 0 Å². The number of anilines is 3. The van der Waals surface area contributed by atoms with Gasteiger partial charge in [0.2, 0.25) is 0 Å². The Hall–Kier alpha value is -7.40. The van der Waals surface area contributed by atoms with Crippen LogP contribution in [0.3, 0.4) is 0 Å². The summed E-state index contributed by atoms with van der Waals surface area (Å²) in [6.45, 7) is 26.6. The first-order chi connectivity index (χ1) is 32.7. The Kier molecular flexibility index (Phi) is 10.6. The van der Waals surface area contributed by atoms with Gasteiger partial charge < -0.3 is 14.7 Å². The minimum Gasteiger partial charge on any atom is -0.318 e. The number of nitrogens with zero attached hydrogens (tertiary/aromatic N) is 11. The number of aliphatic imine (C=N–C) groups is 3. The zero-order valence-corrected chi connectivity index (χ0v) is 41.9. The van der Waals surface area contributed by atoms with Gasteiger partial charge in [-0.3, -0.25) is 29.9 Å². The molecule has 3 aliphatic rings. The molecule has 0 N–H and O–H groups in total. The highest BCUT2D eigenvalue weighted by molar-refractivity contribution is 6.15. The second-order valence-corrected chi connectivity index (χ2v) is 21.5. The highest BCUT2D eigenvalue weighted by Crippen LogP contribution is 2.45. The van der Waals surface area contributed by atoms with E-state index in [1.165, 1.54) is 0 Å². The molecule has 3 aliphatic heterocycles. The van der Waals surface area contributed by atoms with E-state index in [-0.39, 0.29) is 16.6 Å². The molecule has 0 aliphatic carbocycles. The van der Waals surface area contributed by atoms with Gasteiger partial charge in [-0.15, -0.1) is 0 Å². The van der Waals surface area contributed by atoms with Crippen LogP contribution in [0.5, 0.6) is 0 Å². The molecular formula is C58H61N11. The van der Waals surface area contributed by atoms with Gasteiger partial charge in [-0.25, -0.2) is 9.97 Å². The van der Waals surface area contributed by atoms with Gasteiger partial charge in [0.05, 0.1) is 44.6 Å². The van der Waals surface area contributed by atoms with Crippen molar-refractivity contribution in [3.8, 4) is 33.9 Å². The first-order valence-electron chi connectivity index (χ1n) is 23.8. The first kappa shape index (κ1) is 45.4. The lowest BCUT2D eigenvalue weighted by atomic mass is 9.83. The Balaban J connectivity index is 1.13. The number of para-hydroxylation sites is 3. The summed E-state index contributed by atoms with van der Waals surface area (Å²) in [7, 11) is 0. The number of hydrogen-bond donors (Lipinski definition) is 0. The Bertz CT molecular complexity index is 2830. The normalized spacial score (nSPS) is 19.3. The van der Waals surface area contributed by atoms with E-state index in [0.717, 1.165) is 67.9 Å². The lowest BCUT2D eigenvalue weighted by molar-refractivity contribution is 0.338. The maximum Gasteiger partial charge on any atom is 0.161 e. The monoisotopic (exact) mass is 912 g/mol. The van der Waals surface area contributed by atoms with Gasteiger partial charge in [-0.1, -0.05) is 54.6 Å². The van der Waals surface area contributed by atoms with Gasteiger partial charge in [-0.2, -0.15) is 0 Å². The maximum absolute atomic E-state index is 5.38. The average Bonchev–Trinajstić information content (AvgIpc) is 3.76. The Morgan fingerprint density at radius 2 is 0.594 bits per heavy atom. The lowest BCUT2D eigenvalue weighted by Gasteiger charge is -2.41. The minimum atomic E-state index is -0.401. The summed E-state index contributed by atoms with van der Waals surface area (Å²) >= 11 is 0. The van der Waals surface area contributed by atoms with Crippen LogP contribution < -0.4 is 14.7 Å². The van der Waals surface area contributed by atoms with Gasteiger partial charge in [0.25, 0.3) is 0 Å². The molecule has 4 aromatic heterocycles. The molecule has 3 aromatic carbocycles. The summed E-state index contributed by atoms with van der Waals surface area (Å²) in [6.07, 6.45) is 11.2. The fourth-order valence-electron chi connectivity index (χ4n) is 9.58. The highest BCUT2D eigenvalue weighted by atomic mass is 15.4. The van der Waals surface area contributed by atoms with Crippen LogP contribution in [0.1, 0.15) is 99.8 Å². The molecule has 0 radical (unpaired) electrons. The molecule has 10 rings (SSSR count). The third kappa shape index (κ3) is 7.50. The number of benzene rings is 3. The van der Waals surface area contributed by atoms with Crippen LogP contribution >= 0.6 is 0 Å². The lowest BCUT2D eigenvalue weighted by Crippen LogP contribution is -2.53. The Labute approximate surface area is 406 Å². The number of hydrogen-bond acceptors (Lipinski definition) is 11. The summed E-state index contributed by atoms with van der Waals surface area (Å²) in [6, 6.07) is 39.8. The predicted molar refractivity (Wildman–Crippen MR) is 283 cm³/mol. The molecule has 0 spiro atoms. The zero-order chi connectivity index (χ0) is 48.7. The van der Waals surface area contributed by atoms with Crippen LogP contribution in [0.4, 0.5) is 17.1 Å². The van der Waals surface area contributed by atoms with Crippen molar-refractivity contribution in [1.29, 1.82) is 0 Å². The minimum absolute atomic E-state index is 0.334. The van der Waals surface area contributed by atoms with Gasteiger partial charge >= 0.3 is 0 Å². The standard InChI is InChI=1S/C58H61N11/c1-53(2)56(7,8)67(44-22-16-13-17-23-44)50(64-53)41-28-38(32-59-35-41)47-31-48(39-29-42(36-60-33-39)51-65-54(3,4)57(9,10)68(51)45-24-18-14-19-25-45)63-49(62-47)40-30-43(37-61-34-40)52-66-55(5,6)58(11,12)69(52)46-26-20-15-21-27-46/h13-37H,1-12H3. The molecular weight excluding hydrogens is 851 g/mol. The van der Waals surface area contributed by atoms with Gasteiger partial charge in [0, 0.05) is 87.6 Å². The van der Waals surface area contributed by atoms with E-state index < -0.39 is 16.6 Å². The molecule has 0 bridgehead atoms. The molecule has 7 aromatic rings. The Morgan fingerprint density at radius 3 is 0.913 bits per heavy atom. The van der Waals surface area contributed by atoms with E-state index in [0.29, 0.717) is 17.2 Å². The molecule has 0 fully saturated rings. The molecule has 0 unspecified atom stereocenters. The topological polar surface area (TPSA) is 111 Å². The van der Waals surface area contributed by atoms with E-state index in [1.807, 2.05) is 61.4 Å². The van der Waals surface area contributed by atoms with E-state index in [9.17, 15) is 0 Å². The Morgan fingerprint density at radius 1 is 0.319 bits per heavy atom. The molecule has 0 saturated heterocycles. The molecule has 7 heterocycles. The number of aromatic nitrogens is 5. The largest absolute Gasteiger partial charge is 0.318 e. The molecule has 348 valence electrons. The maximum atomic E-state index is 5.38. The van der Waals surface area contributed by atoms with Crippen LogP contribution in [0.15, 0.2) is 167 Å². The molecule has 69 heavy (non-hydrogen) atoms. The summed E-state index contributed by atoms with van der Waals surface area (Å²) in [4.78, 5) is 48.4. The van der Waals surface area contributed by atoms with Gasteiger partial charge in [-0.05, 0) is 144 Å². The average molecular weight is 912 g/mol. The van der Waals surface area contributed by atoms with Crippen LogP contribution in [0.2, 0.25) is 0 Å². The summed E-state index contributed by atoms with van der Waals surface area (Å²) < 4.78 is 0. The highest BCUT2D eigenvalue weighted by Gasteiger charge is 2.52. The summed E-state index contributed by atoms with van der Waals surface area (Å²) in [5.74, 6) is 3.05. The van der Waals surface area contributed by atoms with Crippen molar-refractivity contribution in [2.45, 2.75) is 116 Å². The van der Waals surface area contributed by atoms with Crippen LogP contribution in [-0.2, 0) is 0 Å². The van der Waals surface area contributed by atoms with Gasteiger partial charge in [0.1, 0.15) is 17.5 Å². The van der Waals surface area contributed by atoms with Crippen LogP contribution in [-0.4, -0.2) is 75.7 Å². The van der Waals surface area contributed by atoms with Crippen molar-refractivity contribution in [2.24, 2.45) is 15.0 Å².